The van der Waals surface area contributed by atoms with Crippen molar-refractivity contribution in [3.05, 3.63) is 28.7 Å². The van der Waals surface area contributed by atoms with Gasteiger partial charge < -0.3 is 36.5 Å². The molecule has 16 nitrogen and oxygen atoms in total. The lowest BCUT2D eigenvalue weighted by atomic mass is 10.0. The number of hydrogen-bond acceptors (Lipinski definition) is 13. The van der Waals surface area contributed by atoms with Crippen molar-refractivity contribution in [1.29, 1.82) is 0 Å². The molecule has 0 radical (unpaired) electrons. The Labute approximate surface area is 241 Å². The zero-order valence-corrected chi connectivity index (χ0v) is 23.6. The summed E-state index contributed by atoms with van der Waals surface area (Å²) in [6, 6.07) is -1.62. The summed E-state index contributed by atoms with van der Waals surface area (Å²) >= 11 is 2.02. The van der Waals surface area contributed by atoms with Crippen molar-refractivity contribution in [1.82, 2.24) is 34.7 Å². The minimum atomic E-state index is -1.34. The molecule has 0 spiro atoms. The predicted octanol–water partition coefficient (Wildman–Crippen LogP) is -1.99. The van der Waals surface area contributed by atoms with Gasteiger partial charge >= 0.3 is 5.97 Å². The van der Waals surface area contributed by atoms with E-state index in [0.29, 0.717) is 37.1 Å². The van der Waals surface area contributed by atoms with E-state index in [1.165, 1.54) is 22.7 Å². The topological polar surface area (TPSA) is 224 Å². The molecule has 0 aliphatic carbocycles. The molecule has 0 saturated carbocycles. The van der Waals surface area contributed by atoms with Crippen molar-refractivity contribution in [2.45, 2.75) is 36.3 Å². The number of allylic oxidation sites excluding steroid dienone is 1. The van der Waals surface area contributed by atoms with Gasteiger partial charge in [-0.15, -0.1) is 11.8 Å². The van der Waals surface area contributed by atoms with E-state index >= 15 is 0 Å². The first kappa shape index (κ1) is 28.5. The maximum absolute atomic E-state index is 13.2. The van der Waals surface area contributed by atoms with Crippen molar-refractivity contribution in [3.63, 3.8) is 0 Å². The number of likely N-dealkylation sites (tertiary alicyclic amines) is 1. The monoisotopic (exact) mass is 605 g/mol. The fourth-order valence-corrected chi connectivity index (χ4v) is 7.01. The van der Waals surface area contributed by atoms with Gasteiger partial charge in [-0.3, -0.25) is 24.1 Å². The summed E-state index contributed by atoms with van der Waals surface area (Å²) in [7, 11) is 3.35. The summed E-state index contributed by atoms with van der Waals surface area (Å²) in [4.78, 5) is 71.6. The van der Waals surface area contributed by atoms with Gasteiger partial charge in [0.25, 0.3) is 11.8 Å². The molecule has 4 aliphatic heterocycles. The summed E-state index contributed by atoms with van der Waals surface area (Å²) in [5, 5.41) is 27.1. The largest absolute Gasteiger partial charge is 0.477 e. The lowest BCUT2D eigenvalue weighted by Crippen LogP contribution is -2.71. The molecule has 4 amide bonds. The molecule has 0 aromatic carbocycles. The molecule has 4 aliphatic rings. The minimum Gasteiger partial charge on any atom is -0.477 e. The Hall–Kier alpha value is -4.03. The molecule has 5 rings (SSSR count). The maximum atomic E-state index is 13.2. The molecule has 6 N–H and O–H groups in total. The van der Waals surface area contributed by atoms with Crippen LogP contribution in [0.1, 0.15) is 18.7 Å². The van der Waals surface area contributed by atoms with Crippen LogP contribution in [0.15, 0.2) is 28.1 Å². The highest BCUT2D eigenvalue weighted by Crippen LogP contribution is 2.41. The number of nitrogens with two attached hydrogens (primary N) is 1. The van der Waals surface area contributed by atoms with E-state index in [9.17, 15) is 34.3 Å². The molecule has 3 saturated heterocycles. The molecular formula is C23H27N9O7S2. The Balaban J connectivity index is 1.29. The van der Waals surface area contributed by atoms with Crippen LogP contribution in [0.5, 0.6) is 0 Å². The zero-order chi connectivity index (χ0) is 29.6. The Morgan fingerprint density at radius 1 is 1.29 bits per heavy atom. The number of likely N-dealkylation sites (N-methyl/N-ethyl adjacent to an activating group) is 1. The van der Waals surface area contributed by atoms with E-state index in [0.717, 1.165) is 16.4 Å². The van der Waals surface area contributed by atoms with Gasteiger partial charge in [0.15, 0.2) is 5.13 Å². The third kappa shape index (κ3) is 5.13. The molecule has 1 aromatic heterocycles. The summed E-state index contributed by atoms with van der Waals surface area (Å²) < 4.78 is 3.82. The number of anilines is 1. The van der Waals surface area contributed by atoms with Crippen LogP contribution in [0.25, 0.3) is 0 Å². The second-order valence-electron chi connectivity index (χ2n) is 9.95. The molecule has 0 bridgehead atoms. The Kier molecular flexibility index (Phi) is 7.71. The fraction of sp³-hybridized carbons (Fsp3) is 0.478. The highest BCUT2D eigenvalue weighted by Gasteiger charge is 2.54. The number of amides is 4. The molecule has 3 fully saturated rings. The highest BCUT2D eigenvalue weighted by molar-refractivity contribution is 8.00. The first-order valence-electron chi connectivity index (χ1n) is 12.5. The van der Waals surface area contributed by atoms with Crippen molar-refractivity contribution >= 4 is 63.7 Å². The van der Waals surface area contributed by atoms with Gasteiger partial charge in [-0.25, -0.2) is 4.79 Å². The number of fused-ring (bicyclic) bond motifs is 1. The average molecular weight is 606 g/mol. The normalized spacial score (nSPS) is 27.3. The van der Waals surface area contributed by atoms with Crippen LogP contribution in [0.2, 0.25) is 0 Å². The first-order valence-corrected chi connectivity index (χ1v) is 14.3. The second kappa shape index (κ2) is 11.1. The van der Waals surface area contributed by atoms with Gasteiger partial charge in [-0.2, -0.15) is 9.36 Å². The predicted molar refractivity (Wildman–Crippen MR) is 146 cm³/mol. The van der Waals surface area contributed by atoms with Crippen LogP contribution >= 0.6 is 23.3 Å². The molecule has 1 aromatic rings. The molecule has 18 heteroatoms. The van der Waals surface area contributed by atoms with Crippen LogP contribution in [-0.2, 0) is 24.0 Å². The molecule has 41 heavy (non-hydrogen) atoms. The number of aromatic nitrogens is 2. The van der Waals surface area contributed by atoms with E-state index < -0.39 is 34.9 Å². The summed E-state index contributed by atoms with van der Waals surface area (Å²) in [6.07, 6.45) is 2.42. The minimum absolute atomic E-state index is 0.0490. The van der Waals surface area contributed by atoms with Crippen molar-refractivity contribution in [2.75, 3.05) is 38.7 Å². The second-order valence-corrected chi connectivity index (χ2v) is 11.8. The van der Waals surface area contributed by atoms with Crippen LogP contribution in [0, 0.1) is 0 Å². The molecular weight excluding hydrogens is 578 g/mol. The fourth-order valence-electron chi connectivity index (χ4n) is 5.27. The number of carboxylic acids is 1. The number of thioether (sulfide) groups is 1. The third-order valence-corrected chi connectivity index (χ3v) is 9.09. The van der Waals surface area contributed by atoms with Gasteiger partial charge in [0, 0.05) is 56.1 Å². The van der Waals surface area contributed by atoms with Gasteiger partial charge in [0.05, 0.1) is 6.04 Å². The molecule has 5 heterocycles. The number of rotatable bonds is 7. The van der Waals surface area contributed by atoms with Crippen LogP contribution in [-0.4, -0.2) is 126 Å². The maximum Gasteiger partial charge on any atom is 0.352 e. The molecule has 0 unspecified atom stereocenters. The van der Waals surface area contributed by atoms with Crippen molar-refractivity contribution in [2.24, 2.45) is 5.16 Å². The number of carboxylic acid groups (broad SMARTS) is 1. The van der Waals surface area contributed by atoms with Gasteiger partial charge in [0.2, 0.25) is 23.4 Å². The number of oxime groups is 1. The number of aliphatic carboxylic acids is 1. The Morgan fingerprint density at radius 2 is 2.05 bits per heavy atom. The summed E-state index contributed by atoms with van der Waals surface area (Å²) in [6.45, 7) is 0.921. The van der Waals surface area contributed by atoms with E-state index in [2.05, 4.69) is 25.1 Å². The number of nitrogens with one attached hydrogen (secondary N) is 2. The standard InChI is InChI=1S/C23H27N9O7S2/c1-30(2)19(35)12-6-11(7-25-12)31-4-3-9(18(31)34)5-10-8-40-21-14(20(36)32(21)15(10)22(37)38)26-17(33)13(28-39)16-27-23(24)41-29-16/h5,11-12,14,21,25,39H,3-4,6-8H2,1-2H3,(H,26,33)(H,37,38)(H2,24,27,29)/t11-,12-,14+,21+/m0/s1. The average Bonchev–Trinajstić information content (AvgIpc) is 3.67. The lowest BCUT2D eigenvalue weighted by Gasteiger charge is -2.49. The van der Waals surface area contributed by atoms with Crippen LogP contribution in [0.4, 0.5) is 5.13 Å². The number of nitrogen functional groups attached to an aromatic ring is 1. The van der Waals surface area contributed by atoms with E-state index in [-0.39, 0.29) is 46.3 Å². The quantitative estimate of drug-likeness (QED) is 0.0749. The zero-order valence-electron chi connectivity index (χ0n) is 21.9. The summed E-state index contributed by atoms with van der Waals surface area (Å²) in [5.41, 5.74) is 5.46. The molecule has 4 atom stereocenters. The van der Waals surface area contributed by atoms with Gasteiger partial charge in [0.1, 0.15) is 17.1 Å². The number of β-lactam (4-membered cyclic amide) rings is 1. The van der Waals surface area contributed by atoms with Crippen LogP contribution < -0.4 is 16.4 Å². The Morgan fingerprint density at radius 3 is 2.68 bits per heavy atom. The van der Waals surface area contributed by atoms with E-state index in [4.69, 9.17) is 5.73 Å². The van der Waals surface area contributed by atoms with E-state index in [1.54, 1.807) is 19.0 Å². The highest BCUT2D eigenvalue weighted by atomic mass is 32.2. The number of hydrogen-bond donors (Lipinski definition) is 5. The Bertz CT molecular complexity index is 1420. The smallest absolute Gasteiger partial charge is 0.352 e. The lowest BCUT2D eigenvalue weighted by molar-refractivity contribution is -0.150. The number of carbonyl (C=O) groups is 5. The molecule has 218 valence electrons. The van der Waals surface area contributed by atoms with Crippen molar-refractivity contribution in [3.8, 4) is 0 Å². The summed E-state index contributed by atoms with van der Waals surface area (Å²) in [5.74, 6) is -3.26. The van der Waals surface area contributed by atoms with Gasteiger partial charge in [-0.05, 0) is 24.5 Å². The van der Waals surface area contributed by atoms with E-state index in [1.807, 2.05) is 0 Å². The first-order chi connectivity index (χ1) is 19.5. The van der Waals surface area contributed by atoms with Crippen molar-refractivity contribution < 1.29 is 34.3 Å². The third-order valence-electron chi connectivity index (χ3n) is 7.25. The number of carbonyl (C=O) groups excluding carboxylic acids is 4. The SMILES string of the molecule is CN(C)C(=O)[C@@H]1C[C@H](N2CCC(=CC3=C(C(=O)O)N4C(=O)[C@@H](NC(=O)C(=NO)c5nsc(N)n5)[C@H]4SC3)C2=O)CN1. The number of nitrogens with zero attached hydrogens (tertiary/aromatic N) is 6. The van der Waals surface area contributed by atoms with Gasteiger partial charge in [-0.1, -0.05) is 5.16 Å². The van der Waals surface area contributed by atoms with Crippen LogP contribution in [0.3, 0.4) is 0 Å².